The van der Waals surface area contributed by atoms with Gasteiger partial charge in [-0.25, -0.2) is 0 Å². The maximum atomic E-state index is 11.3. The number of halogens is 3. The fourth-order valence-corrected chi connectivity index (χ4v) is 3.36. The minimum atomic E-state index is -0.133. The van der Waals surface area contributed by atoms with Gasteiger partial charge in [-0.15, -0.1) is 0 Å². The summed E-state index contributed by atoms with van der Waals surface area (Å²) in [5.74, 6) is -0.0691. The van der Waals surface area contributed by atoms with Crippen LogP contribution in [0.4, 0.5) is 5.69 Å². The van der Waals surface area contributed by atoms with Gasteiger partial charge in [0.25, 0.3) is 0 Å². The van der Waals surface area contributed by atoms with Crippen LogP contribution in [-0.2, 0) is 4.79 Å². The molecule has 2 aromatic rings. The zero-order chi connectivity index (χ0) is 16.6. The summed E-state index contributed by atoms with van der Waals surface area (Å²) < 4.78 is 0. The molecule has 118 valence electrons. The molecule has 0 fully saturated rings. The van der Waals surface area contributed by atoms with Gasteiger partial charge in [-0.3, -0.25) is 9.80 Å². The van der Waals surface area contributed by atoms with Crippen LogP contribution in [0.3, 0.4) is 0 Å². The molecule has 3 rings (SSSR count). The Balaban J connectivity index is 2.08. The van der Waals surface area contributed by atoms with Crippen molar-refractivity contribution in [2.75, 3.05) is 5.01 Å². The number of benzene rings is 2. The molecule has 0 aliphatic carbocycles. The molecule has 6 heteroatoms. The van der Waals surface area contributed by atoms with Gasteiger partial charge >= 0.3 is 0 Å². The Morgan fingerprint density at radius 2 is 1.70 bits per heavy atom. The van der Waals surface area contributed by atoms with E-state index >= 15 is 0 Å². The molecule has 2 aromatic carbocycles. The van der Waals surface area contributed by atoms with E-state index in [1.54, 1.807) is 23.2 Å². The standard InChI is InChI=1S/C17H13Cl3N2O/c1-10-15(9-23)21-22(16-7-6-13(19)8-14(16)20)17(10)11-2-4-12(18)5-3-11/h2-10,17H,1H3/t10-,17+/m1/s1. The first-order chi connectivity index (χ1) is 11.0. The molecular formula is C17H13Cl3N2O. The Labute approximate surface area is 149 Å². The lowest BCUT2D eigenvalue weighted by molar-refractivity contribution is -0.102. The first-order valence-electron chi connectivity index (χ1n) is 7.04. The van der Waals surface area contributed by atoms with Crippen LogP contribution in [0.5, 0.6) is 0 Å². The van der Waals surface area contributed by atoms with Gasteiger partial charge in [0.05, 0.1) is 16.8 Å². The Morgan fingerprint density at radius 3 is 2.30 bits per heavy atom. The molecule has 0 N–H and O–H groups in total. The second-order valence-electron chi connectivity index (χ2n) is 5.37. The van der Waals surface area contributed by atoms with Crippen molar-refractivity contribution in [3.63, 3.8) is 0 Å². The normalized spacial score (nSPS) is 20.5. The van der Waals surface area contributed by atoms with Gasteiger partial charge in [-0.1, -0.05) is 53.9 Å². The van der Waals surface area contributed by atoms with E-state index in [0.717, 1.165) is 11.8 Å². The summed E-state index contributed by atoms with van der Waals surface area (Å²) in [5.41, 5.74) is 2.20. The van der Waals surface area contributed by atoms with Crippen molar-refractivity contribution in [3.05, 3.63) is 63.1 Å². The molecule has 1 aliphatic rings. The zero-order valence-corrected chi connectivity index (χ0v) is 14.5. The van der Waals surface area contributed by atoms with E-state index in [1.165, 1.54) is 0 Å². The van der Waals surface area contributed by atoms with Gasteiger partial charge in [0.2, 0.25) is 0 Å². The van der Waals surface area contributed by atoms with Crippen LogP contribution in [0, 0.1) is 5.92 Å². The van der Waals surface area contributed by atoms with Crippen LogP contribution in [0.25, 0.3) is 0 Å². The number of aldehydes is 1. The summed E-state index contributed by atoms with van der Waals surface area (Å²) in [6.45, 7) is 1.97. The molecule has 1 aliphatic heterocycles. The van der Waals surface area contributed by atoms with Crippen molar-refractivity contribution in [1.29, 1.82) is 0 Å². The van der Waals surface area contributed by atoms with Crippen LogP contribution in [0.15, 0.2) is 47.6 Å². The predicted molar refractivity (Wildman–Crippen MR) is 95.8 cm³/mol. The first-order valence-corrected chi connectivity index (χ1v) is 8.18. The van der Waals surface area contributed by atoms with E-state index in [-0.39, 0.29) is 12.0 Å². The van der Waals surface area contributed by atoms with Crippen molar-refractivity contribution in [2.24, 2.45) is 11.0 Å². The molecule has 2 atom stereocenters. The lowest BCUT2D eigenvalue weighted by Gasteiger charge is -2.27. The van der Waals surface area contributed by atoms with Gasteiger partial charge in [-0.2, -0.15) is 5.10 Å². The third kappa shape index (κ3) is 3.09. The van der Waals surface area contributed by atoms with Crippen molar-refractivity contribution in [1.82, 2.24) is 0 Å². The van der Waals surface area contributed by atoms with Gasteiger partial charge in [-0.05, 0) is 35.9 Å². The third-order valence-corrected chi connectivity index (χ3v) is 4.71. The maximum absolute atomic E-state index is 11.3. The fourth-order valence-electron chi connectivity index (χ4n) is 2.74. The first kappa shape index (κ1) is 16.3. The summed E-state index contributed by atoms with van der Waals surface area (Å²) in [4.78, 5) is 11.3. The summed E-state index contributed by atoms with van der Waals surface area (Å²) >= 11 is 18.3. The summed E-state index contributed by atoms with van der Waals surface area (Å²) in [6.07, 6.45) is 0.789. The predicted octanol–water partition coefficient (Wildman–Crippen LogP) is 5.40. The highest BCUT2D eigenvalue weighted by atomic mass is 35.5. The second kappa shape index (κ2) is 6.52. The SMILES string of the molecule is C[C@@H]1C(C=O)=NN(c2ccc(Cl)cc2Cl)[C@@H]1c1ccc(Cl)cc1. The van der Waals surface area contributed by atoms with Crippen LogP contribution in [0.1, 0.15) is 18.5 Å². The molecule has 0 bridgehead atoms. The van der Waals surface area contributed by atoms with Crippen molar-refractivity contribution in [2.45, 2.75) is 13.0 Å². The van der Waals surface area contributed by atoms with E-state index in [1.807, 2.05) is 31.2 Å². The average molecular weight is 368 g/mol. The molecule has 23 heavy (non-hydrogen) atoms. The lowest BCUT2D eigenvalue weighted by Crippen LogP contribution is -2.24. The molecule has 1 heterocycles. The number of anilines is 1. The zero-order valence-electron chi connectivity index (χ0n) is 12.2. The van der Waals surface area contributed by atoms with Crippen LogP contribution in [-0.4, -0.2) is 12.0 Å². The largest absolute Gasteiger partial charge is 0.296 e. The number of nitrogens with zero attached hydrogens (tertiary/aromatic N) is 2. The molecule has 3 nitrogen and oxygen atoms in total. The highest BCUT2D eigenvalue weighted by Gasteiger charge is 2.36. The highest BCUT2D eigenvalue weighted by molar-refractivity contribution is 6.36. The van der Waals surface area contributed by atoms with E-state index < -0.39 is 0 Å². The minimum Gasteiger partial charge on any atom is -0.296 e. The van der Waals surface area contributed by atoms with Crippen LogP contribution >= 0.6 is 34.8 Å². The summed E-state index contributed by atoms with van der Waals surface area (Å²) in [7, 11) is 0. The number of carbonyl (C=O) groups excluding carboxylic acids is 1. The minimum absolute atomic E-state index is 0.0691. The molecule has 0 saturated carbocycles. The van der Waals surface area contributed by atoms with E-state index in [2.05, 4.69) is 5.10 Å². The van der Waals surface area contributed by atoms with Gasteiger partial charge in [0.15, 0.2) is 6.29 Å². The van der Waals surface area contributed by atoms with Crippen LogP contribution < -0.4 is 5.01 Å². The van der Waals surface area contributed by atoms with Crippen molar-refractivity contribution >= 4 is 52.5 Å². The van der Waals surface area contributed by atoms with Crippen molar-refractivity contribution < 1.29 is 4.79 Å². The average Bonchev–Trinajstić information content (AvgIpc) is 2.85. The Bertz CT molecular complexity index is 774. The molecule has 0 unspecified atom stereocenters. The van der Waals surface area contributed by atoms with E-state index in [9.17, 15) is 4.79 Å². The Morgan fingerprint density at radius 1 is 1.04 bits per heavy atom. The maximum Gasteiger partial charge on any atom is 0.166 e. The smallest absolute Gasteiger partial charge is 0.166 e. The molecule has 0 aromatic heterocycles. The number of hydrogen-bond donors (Lipinski definition) is 0. The quantitative estimate of drug-likeness (QED) is 0.680. The molecular weight excluding hydrogens is 355 g/mol. The van der Waals surface area contributed by atoms with Crippen molar-refractivity contribution in [3.8, 4) is 0 Å². The fraction of sp³-hybridized carbons (Fsp3) is 0.176. The lowest BCUT2D eigenvalue weighted by atomic mass is 9.92. The summed E-state index contributed by atoms with van der Waals surface area (Å²) in [6, 6.07) is 12.6. The Hall–Kier alpha value is -1.55. The number of rotatable bonds is 3. The highest BCUT2D eigenvalue weighted by Crippen LogP contribution is 2.42. The Kier molecular flexibility index (Phi) is 4.62. The van der Waals surface area contributed by atoms with Gasteiger partial charge < -0.3 is 0 Å². The van der Waals surface area contributed by atoms with Crippen LogP contribution in [0.2, 0.25) is 15.1 Å². The third-order valence-electron chi connectivity index (χ3n) is 3.92. The number of hydrazone groups is 1. The summed E-state index contributed by atoms with van der Waals surface area (Å²) in [5, 5.41) is 7.92. The molecule has 0 saturated heterocycles. The van der Waals surface area contributed by atoms with Gasteiger partial charge in [0, 0.05) is 16.0 Å². The second-order valence-corrected chi connectivity index (χ2v) is 6.65. The van der Waals surface area contributed by atoms with Gasteiger partial charge in [0.1, 0.15) is 5.71 Å². The topological polar surface area (TPSA) is 32.7 Å². The van der Waals surface area contributed by atoms with E-state index in [0.29, 0.717) is 26.5 Å². The molecule has 0 amide bonds. The number of carbonyl (C=O) groups is 1. The molecule has 0 radical (unpaired) electrons. The monoisotopic (exact) mass is 366 g/mol. The molecule has 0 spiro atoms. The number of hydrogen-bond acceptors (Lipinski definition) is 3. The van der Waals surface area contributed by atoms with E-state index in [4.69, 9.17) is 34.8 Å².